The second-order valence-electron chi connectivity index (χ2n) is 5.78. The third-order valence-electron chi connectivity index (χ3n) is 4.14. The average molecular weight is 328 g/mol. The van der Waals surface area contributed by atoms with Crippen LogP contribution in [0, 0.1) is 18.7 Å². The van der Waals surface area contributed by atoms with E-state index in [1.807, 2.05) is 0 Å². The summed E-state index contributed by atoms with van der Waals surface area (Å²) in [5, 5.41) is 4.18. The molecule has 0 amide bonds. The molecule has 0 bridgehead atoms. The second kappa shape index (κ2) is 5.59. The lowest BCUT2D eigenvalue weighted by Crippen LogP contribution is -2.31. The second-order valence-corrected chi connectivity index (χ2v) is 5.78. The van der Waals surface area contributed by atoms with Gasteiger partial charge in [-0.15, -0.1) is 0 Å². The Bertz CT molecular complexity index is 713. The van der Waals surface area contributed by atoms with Crippen LogP contribution in [-0.2, 0) is 19.5 Å². The summed E-state index contributed by atoms with van der Waals surface area (Å²) in [5.41, 5.74) is 6.97. The van der Waals surface area contributed by atoms with Gasteiger partial charge in [0.1, 0.15) is 11.6 Å². The molecule has 0 aliphatic carbocycles. The number of benzene rings is 1. The Morgan fingerprint density at radius 3 is 2.70 bits per heavy atom. The Balaban J connectivity index is 1.97. The molecule has 23 heavy (non-hydrogen) atoms. The molecule has 0 saturated carbocycles. The van der Waals surface area contributed by atoms with E-state index >= 15 is 0 Å². The number of halogens is 4. The zero-order valence-electron chi connectivity index (χ0n) is 12.5. The minimum atomic E-state index is -4.25. The monoisotopic (exact) mass is 328 g/mol. The molecule has 0 saturated heterocycles. The number of aromatic nitrogens is 3. The first-order valence-electron chi connectivity index (χ1n) is 7.29. The maximum atomic E-state index is 14.3. The summed E-state index contributed by atoms with van der Waals surface area (Å²) >= 11 is 0. The molecule has 2 N–H and O–H groups in total. The smallest absolute Gasteiger partial charge is 0.326 e. The normalized spacial score (nSPS) is 18.1. The number of nitrogens with two attached hydrogens (primary N) is 1. The molecule has 8 heteroatoms. The van der Waals surface area contributed by atoms with Crippen LogP contribution in [0.15, 0.2) is 12.1 Å². The highest BCUT2D eigenvalue weighted by Gasteiger charge is 2.42. The van der Waals surface area contributed by atoms with Gasteiger partial charge in [0.25, 0.3) is 0 Å². The standard InChI is InChI=1S/C15H16F4N4/c1-8-4-9(7-20)5-11(16)13(8)14-21-12-6-10(15(17,18)19)2-3-23(12)22-14/h4-5,10H,2-3,6-7,20H2,1H3. The van der Waals surface area contributed by atoms with Gasteiger partial charge in [-0.2, -0.15) is 18.3 Å². The summed E-state index contributed by atoms with van der Waals surface area (Å²) in [5.74, 6) is -1.56. The van der Waals surface area contributed by atoms with Crippen molar-refractivity contribution in [2.75, 3.05) is 0 Å². The fourth-order valence-corrected chi connectivity index (χ4v) is 2.91. The number of aryl methyl sites for hydroxylation is 2. The van der Waals surface area contributed by atoms with E-state index in [4.69, 9.17) is 5.73 Å². The van der Waals surface area contributed by atoms with E-state index in [1.165, 1.54) is 10.7 Å². The molecule has 1 aromatic heterocycles. The molecule has 2 heterocycles. The van der Waals surface area contributed by atoms with Crippen molar-refractivity contribution in [1.29, 1.82) is 0 Å². The van der Waals surface area contributed by atoms with Crippen molar-refractivity contribution in [3.8, 4) is 11.4 Å². The van der Waals surface area contributed by atoms with E-state index < -0.39 is 17.9 Å². The third-order valence-corrected chi connectivity index (χ3v) is 4.14. The van der Waals surface area contributed by atoms with Gasteiger partial charge in [-0.05, 0) is 30.5 Å². The van der Waals surface area contributed by atoms with Crippen LogP contribution in [0.1, 0.15) is 23.4 Å². The lowest BCUT2D eigenvalue weighted by Gasteiger charge is -2.24. The summed E-state index contributed by atoms with van der Waals surface area (Å²) < 4.78 is 54.3. The van der Waals surface area contributed by atoms with Crippen LogP contribution >= 0.6 is 0 Å². The number of hydrogen-bond acceptors (Lipinski definition) is 3. The van der Waals surface area contributed by atoms with E-state index in [1.54, 1.807) is 13.0 Å². The predicted molar refractivity (Wildman–Crippen MR) is 75.9 cm³/mol. The number of rotatable bonds is 2. The molecular formula is C15H16F4N4. The molecule has 124 valence electrons. The fourth-order valence-electron chi connectivity index (χ4n) is 2.91. The molecule has 1 aliphatic heterocycles. The number of fused-ring (bicyclic) bond motifs is 1. The molecular weight excluding hydrogens is 312 g/mol. The van der Waals surface area contributed by atoms with Crippen molar-refractivity contribution in [3.63, 3.8) is 0 Å². The van der Waals surface area contributed by atoms with E-state index in [0.29, 0.717) is 11.1 Å². The van der Waals surface area contributed by atoms with Crippen molar-refractivity contribution >= 4 is 0 Å². The van der Waals surface area contributed by atoms with Gasteiger partial charge < -0.3 is 5.73 Å². The number of hydrogen-bond donors (Lipinski definition) is 1. The molecule has 3 rings (SSSR count). The van der Waals surface area contributed by atoms with Crippen LogP contribution in [0.4, 0.5) is 17.6 Å². The molecule has 1 atom stereocenters. The van der Waals surface area contributed by atoms with Crippen molar-refractivity contribution in [2.24, 2.45) is 11.7 Å². The quantitative estimate of drug-likeness (QED) is 0.862. The predicted octanol–water partition coefficient (Wildman–Crippen LogP) is 2.98. The van der Waals surface area contributed by atoms with E-state index in [9.17, 15) is 17.6 Å². The van der Waals surface area contributed by atoms with Gasteiger partial charge >= 0.3 is 6.18 Å². The van der Waals surface area contributed by atoms with Crippen LogP contribution in [-0.4, -0.2) is 20.9 Å². The summed E-state index contributed by atoms with van der Waals surface area (Å²) in [6.07, 6.45) is -4.51. The summed E-state index contributed by atoms with van der Waals surface area (Å²) in [6, 6.07) is 3.04. The van der Waals surface area contributed by atoms with E-state index in [-0.39, 0.29) is 43.1 Å². The Morgan fingerprint density at radius 2 is 2.09 bits per heavy atom. The lowest BCUT2D eigenvalue weighted by molar-refractivity contribution is -0.179. The molecule has 4 nitrogen and oxygen atoms in total. The van der Waals surface area contributed by atoms with Crippen molar-refractivity contribution in [2.45, 2.75) is 39.0 Å². The van der Waals surface area contributed by atoms with Crippen LogP contribution in [0.5, 0.6) is 0 Å². The lowest BCUT2D eigenvalue weighted by atomic mass is 9.97. The van der Waals surface area contributed by atoms with E-state index in [0.717, 1.165) is 0 Å². The Morgan fingerprint density at radius 1 is 1.35 bits per heavy atom. The van der Waals surface area contributed by atoms with Crippen LogP contribution in [0.3, 0.4) is 0 Å². The first-order valence-corrected chi connectivity index (χ1v) is 7.29. The molecule has 0 fully saturated rings. The van der Waals surface area contributed by atoms with Crippen molar-refractivity contribution in [3.05, 3.63) is 34.9 Å². The number of nitrogens with zero attached hydrogens (tertiary/aromatic N) is 3. The van der Waals surface area contributed by atoms with Gasteiger partial charge in [0.2, 0.25) is 0 Å². The fraction of sp³-hybridized carbons (Fsp3) is 0.467. The Kier molecular flexibility index (Phi) is 3.87. The highest BCUT2D eigenvalue weighted by Crippen LogP contribution is 2.35. The maximum absolute atomic E-state index is 14.3. The van der Waals surface area contributed by atoms with Gasteiger partial charge in [0.15, 0.2) is 5.82 Å². The maximum Gasteiger partial charge on any atom is 0.392 e. The first-order chi connectivity index (χ1) is 10.8. The topological polar surface area (TPSA) is 56.7 Å². The minimum Gasteiger partial charge on any atom is -0.326 e. The highest BCUT2D eigenvalue weighted by molar-refractivity contribution is 5.61. The number of alkyl halides is 3. The zero-order valence-corrected chi connectivity index (χ0v) is 12.5. The molecule has 1 aliphatic rings. The first kappa shape index (κ1) is 15.9. The zero-order chi connectivity index (χ0) is 16.8. The van der Waals surface area contributed by atoms with Gasteiger partial charge in [-0.3, -0.25) is 0 Å². The highest BCUT2D eigenvalue weighted by atomic mass is 19.4. The third kappa shape index (κ3) is 2.95. The largest absolute Gasteiger partial charge is 0.392 e. The minimum absolute atomic E-state index is 0.0348. The van der Waals surface area contributed by atoms with Crippen LogP contribution in [0.25, 0.3) is 11.4 Å². The summed E-state index contributed by atoms with van der Waals surface area (Å²) in [6.45, 7) is 2.04. The Labute approximate surface area is 130 Å². The van der Waals surface area contributed by atoms with Gasteiger partial charge in [0.05, 0.1) is 11.5 Å². The molecule has 1 unspecified atom stereocenters. The summed E-state index contributed by atoms with van der Waals surface area (Å²) in [7, 11) is 0. The molecule has 0 radical (unpaired) electrons. The average Bonchev–Trinajstić information content (AvgIpc) is 2.87. The SMILES string of the molecule is Cc1cc(CN)cc(F)c1-c1nc2n(n1)CCC(C(F)(F)F)C2. The van der Waals surface area contributed by atoms with Crippen LogP contribution in [0.2, 0.25) is 0 Å². The van der Waals surface area contributed by atoms with E-state index in [2.05, 4.69) is 10.1 Å². The Hall–Kier alpha value is -1.96. The van der Waals surface area contributed by atoms with Crippen molar-refractivity contribution in [1.82, 2.24) is 14.8 Å². The summed E-state index contributed by atoms with van der Waals surface area (Å²) in [4.78, 5) is 4.14. The molecule has 0 spiro atoms. The van der Waals surface area contributed by atoms with Crippen molar-refractivity contribution < 1.29 is 17.6 Å². The van der Waals surface area contributed by atoms with Gasteiger partial charge in [-0.25, -0.2) is 14.1 Å². The van der Waals surface area contributed by atoms with Gasteiger partial charge in [0, 0.05) is 19.5 Å². The van der Waals surface area contributed by atoms with Gasteiger partial charge in [-0.1, -0.05) is 6.07 Å². The molecule has 2 aromatic rings. The molecule has 1 aromatic carbocycles. The van der Waals surface area contributed by atoms with Crippen LogP contribution < -0.4 is 5.73 Å².